The number of benzene rings is 2. The average molecular weight is 304 g/mol. The number of hydrogen-bond acceptors (Lipinski definition) is 3. The van der Waals surface area contributed by atoms with Gasteiger partial charge >= 0.3 is 0 Å². The van der Waals surface area contributed by atoms with Crippen LogP contribution in [0.2, 0.25) is 0 Å². The molecule has 0 atom stereocenters. The lowest BCUT2D eigenvalue weighted by Crippen LogP contribution is -2.14. The second-order valence-corrected chi connectivity index (χ2v) is 7.04. The fourth-order valence-corrected chi connectivity index (χ4v) is 3.08. The van der Waals surface area contributed by atoms with Crippen LogP contribution < -0.4 is 4.72 Å². The van der Waals surface area contributed by atoms with Crippen LogP contribution in [0, 0.1) is 6.92 Å². The van der Waals surface area contributed by atoms with Crippen molar-refractivity contribution in [3.8, 4) is 0 Å². The van der Waals surface area contributed by atoms with Crippen molar-refractivity contribution >= 4 is 15.7 Å². The first kappa shape index (κ1) is 15.5. The van der Waals surface area contributed by atoms with E-state index in [-0.39, 0.29) is 4.90 Å². The molecule has 0 aromatic heterocycles. The molecule has 2 rings (SSSR count). The van der Waals surface area contributed by atoms with Crippen LogP contribution in [-0.2, 0) is 16.6 Å². The van der Waals surface area contributed by atoms with Crippen LogP contribution >= 0.6 is 0 Å². The lowest BCUT2D eigenvalue weighted by molar-refractivity contribution is 0.402. The van der Waals surface area contributed by atoms with E-state index in [4.69, 9.17) is 0 Å². The summed E-state index contributed by atoms with van der Waals surface area (Å²) in [5, 5.41) is 0. The highest BCUT2D eigenvalue weighted by Crippen LogP contribution is 2.18. The Kier molecular flexibility index (Phi) is 4.65. The Morgan fingerprint density at radius 3 is 2.33 bits per heavy atom. The van der Waals surface area contributed by atoms with E-state index in [1.165, 1.54) is 0 Å². The molecule has 0 saturated heterocycles. The minimum atomic E-state index is -3.54. The molecule has 1 N–H and O–H groups in total. The van der Waals surface area contributed by atoms with Gasteiger partial charge in [0.05, 0.1) is 4.90 Å². The van der Waals surface area contributed by atoms with Gasteiger partial charge in [-0.1, -0.05) is 29.8 Å². The summed E-state index contributed by atoms with van der Waals surface area (Å²) in [6.45, 7) is 2.69. The van der Waals surface area contributed by atoms with E-state index < -0.39 is 10.0 Å². The molecule has 0 aliphatic rings. The Bertz CT molecular complexity index is 707. The molecule has 0 aliphatic heterocycles. The molecule has 0 unspecified atom stereocenters. The Labute approximate surface area is 126 Å². The van der Waals surface area contributed by atoms with E-state index in [9.17, 15) is 8.42 Å². The second-order valence-electron chi connectivity index (χ2n) is 5.36. The summed E-state index contributed by atoms with van der Waals surface area (Å²) in [5.74, 6) is 0. The normalized spacial score (nSPS) is 11.6. The summed E-state index contributed by atoms with van der Waals surface area (Å²) in [7, 11) is 0.412. The lowest BCUT2D eigenvalue weighted by atomic mass is 10.2. The summed E-state index contributed by atoms with van der Waals surface area (Å²) >= 11 is 0. The molecule has 2 aromatic rings. The molecule has 112 valence electrons. The van der Waals surface area contributed by atoms with Gasteiger partial charge < -0.3 is 4.90 Å². The maximum Gasteiger partial charge on any atom is 0.261 e. The van der Waals surface area contributed by atoms with Crippen molar-refractivity contribution in [1.82, 2.24) is 4.90 Å². The maximum atomic E-state index is 12.3. The van der Waals surface area contributed by atoms with Crippen LogP contribution in [0.25, 0.3) is 0 Å². The third kappa shape index (κ3) is 4.31. The Hall–Kier alpha value is -1.85. The van der Waals surface area contributed by atoms with E-state index in [1.807, 2.05) is 44.1 Å². The standard InChI is InChI=1S/C16H20N2O2S/c1-13-7-9-16(10-8-13)21(19,20)17-15-6-4-5-14(11-15)12-18(2)3/h4-11,17H,12H2,1-3H3. The predicted octanol–water partition coefficient (Wildman–Crippen LogP) is 2.86. The predicted molar refractivity (Wildman–Crippen MR) is 85.8 cm³/mol. The van der Waals surface area contributed by atoms with Crippen molar-refractivity contribution in [3.63, 3.8) is 0 Å². The highest BCUT2D eigenvalue weighted by Gasteiger charge is 2.13. The lowest BCUT2D eigenvalue weighted by Gasteiger charge is -2.12. The summed E-state index contributed by atoms with van der Waals surface area (Å²) in [6, 6.07) is 14.2. The zero-order valence-electron chi connectivity index (χ0n) is 12.5. The summed E-state index contributed by atoms with van der Waals surface area (Å²) in [6.07, 6.45) is 0. The number of anilines is 1. The average Bonchev–Trinajstić information content (AvgIpc) is 2.38. The monoisotopic (exact) mass is 304 g/mol. The zero-order valence-corrected chi connectivity index (χ0v) is 13.3. The molecule has 0 radical (unpaired) electrons. The van der Waals surface area contributed by atoms with Crippen LogP contribution in [0.5, 0.6) is 0 Å². The number of nitrogens with zero attached hydrogens (tertiary/aromatic N) is 1. The van der Waals surface area contributed by atoms with Gasteiger partial charge in [0, 0.05) is 12.2 Å². The molecule has 21 heavy (non-hydrogen) atoms. The van der Waals surface area contributed by atoms with E-state index in [2.05, 4.69) is 4.72 Å². The molecule has 0 heterocycles. The zero-order chi connectivity index (χ0) is 15.5. The number of nitrogens with one attached hydrogen (secondary N) is 1. The minimum Gasteiger partial charge on any atom is -0.305 e. The summed E-state index contributed by atoms with van der Waals surface area (Å²) in [5.41, 5.74) is 2.67. The van der Waals surface area contributed by atoms with E-state index in [0.717, 1.165) is 17.7 Å². The smallest absolute Gasteiger partial charge is 0.261 e. The second kappa shape index (κ2) is 6.28. The van der Waals surface area contributed by atoms with Gasteiger partial charge in [-0.25, -0.2) is 8.42 Å². The number of aryl methyl sites for hydroxylation is 1. The Morgan fingerprint density at radius 2 is 1.71 bits per heavy atom. The van der Waals surface area contributed by atoms with E-state index >= 15 is 0 Å². The first-order chi connectivity index (χ1) is 9.87. The van der Waals surface area contributed by atoms with Crippen molar-refractivity contribution in [2.45, 2.75) is 18.4 Å². The minimum absolute atomic E-state index is 0.270. The van der Waals surface area contributed by atoms with Crippen LogP contribution in [-0.4, -0.2) is 27.4 Å². The molecule has 5 heteroatoms. The van der Waals surface area contributed by atoms with Gasteiger partial charge in [0.15, 0.2) is 0 Å². The van der Waals surface area contributed by atoms with Gasteiger partial charge in [-0.15, -0.1) is 0 Å². The first-order valence-corrected chi connectivity index (χ1v) is 8.18. The number of hydrogen-bond donors (Lipinski definition) is 1. The molecular weight excluding hydrogens is 284 g/mol. The van der Waals surface area contributed by atoms with Gasteiger partial charge in [-0.2, -0.15) is 0 Å². The van der Waals surface area contributed by atoms with Crippen LogP contribution in [0.1, 0.15) is 11.1 Å². The van der Waals surface area contributed by atoms with Gasteiger partial charge in [0.1, 0.15) is 0 Å². The fraction of sp³-hybridized carbons (Fsp3) is 0.250. The van der Waals surface area contributed by atoms with Crippen LogP contribution in [0.3, 0.4) is 0 Å². The van der Waals surface area contributed by atoms with Crippen LogP contribution in [0.4, 0.5) is 5.69 Å². The quantitative estimate of drug-likeness (QED) is 0.924. The Balaban J connectivity index is 2.22. The van der Waals surface area contributed by atoms with E-state index in [1.54, 1.807) is 30.3 Å². The van der Waals surface area contributed by atoms with Crippen molar-refractivity contribution in [1.29, 1.82) is 0 Å². The highest BCUT2D eigenvalue weighted by atomic mass is 32.2. The summed E-state index contributed by atoms with van der Waals surface area (Å²) in [4.78, 5) is 2.30. The molecular formula is C16H20N2O2S. The third-order valence-corrected chi connectivity index (χ3v) is 4.41. The van der Waals surface area contributed by atoms with Crippen molar-refractivity contribution in [3.05, 3.63) is 59.7 Å². The fourth-order valence-electron chi connectivity index (χ4n) is 2.03. The molecule has 4 nitrogen and oxygen atoms in total. The van der Waals surface area contributed by atoms with Crippen molar-refractivity contribution < 1.29 is 8.42 Å². The number of sulfonamides is 1. The molecule has 0 bridgehead atoms. The molecule has 2 aromatic carbocycles. The highest BCUT2D eigenvalue weighted by molar-refractivity contribution is 7.92. The van der Waals surface area contributed by atoms with E-state index in [0.29, 0.717) is 5.69 Å². The molecule has 0 amide bonds. The van der Waals surface area contributed by atoms with Gasteiger partial charge in [0.2, 0.25) is 0 Å². The maximum absolute atomic E-state index is 12.3. The largest absolute Gasteiger partial charge is 0.305 e. The molecule has 0 saturated carbocycles. The third-order valence-electron chi connectivity index (χ3n) is 3.01. The van der Waals surface area contributed by atoms with Gasteiger partial charge in [-0.05, 0) is 50.8 Å². The molecule has 0 aliphatic carbocycles. The topological polar surface area (TPSA) is 49.4 Å². The molecule has 0 spiro atoms. The van der Waals surface area contributed by atoms with Crippen molar-refractivity contribution in [2.24, 2.45) is 0 Å². The molecule has 0 fully saturated rings. The first-order valence-electron chi connectivity index (χ1n) is 6.70. The van der Waals surface area contributed by atoms with Crippen molar-refractivity contribution in [2.75, 3.05) is 18.8 Å². The van der Waals surface area contributed by atoms with Gasteiger partial charge in [0.25, 0.3) is 10.0 Å². The van der Waals surface area contributed by atoms with Crippen LogP contribution in [0.15, 0.2) is 53.4 Å². The number of rotatable bonds is 5. The van der Waals surface area contributed by atoms with Gasteiger partial charge in [-0.3, -0.25) is 4.72 Å². The summed E-state index contributed by atoms with van der Waals surface area (Å²) < 4.78 is 27.3. The SMILES string of the molecule is Cc1ccc(S(=O)(=O)Nc2cccc(CN(C)C)c2)cc1. The Morgan fingerprint density at radius 1 is 1.05 bits per heavy atom.